The Morgan fingerprint density at radius 1 is 1.33 bits per heavy atom. The second-order valence-corrected chi connectivity index (χ2v) is 6.28. The summed E-state index contributed by atoms with van der Waals surface area (Å²) in [4.78, 5) is 4.25. The molecule has 1 aromatic heterocycles. The van der Waals surface area contributed by atoms with E-state index < -0.39 is 10.0 Å². The first-order chi connectivity index (χ1) is 8.63. The molecule has 0 aliphatic heterocycles. The summed E-state index contributed by atoms with van der Waals surface area (Å²) in [5.74, 6) is 0. The summed E-state index contributed by atoms with van der Waals surface area (Å²) in [6, 6.07) is 6.70. The molecule has 0 saturated carbocycles. The molecule has 0 amide bonds. The van der Waals surface area contributed by atoms with Crippen molar-refractivity contribution in [2.45, 2.75) is 18.0 Å². The van der Waals surface area contributed by atoms with Gasteiger partial charge in [0.2, 0.25) is 10.0 Å². The van der Waals surface area contributed by atoms with E-state index in [1.807, 2.05) is 0 Å². The van der Waals surface area contributed by atoms with Gasteiger partial charge in [-0.1, -0.05) is 18.2 Å². The van der Waals surface area contributed by atoms with Crippen LogP contribution in [0.3, 0.4) is 0 Å². The zero-order valence-corrected chi connectivity index (χ0v) is 11.2. The van der Waals surface area contributed by atoms with Crippen molar-refractivity contribution in [1.82, 2.24) is 9.71 Å². The summed E-state index contributed by atoms with van der Waals surface area (Å²) in [6.45, 7) is 0.382. The molecule has 1 heterocycles. The zero-order valence-electron chi connectivity index (χ0n) is 9.54. The summed E-state index contributed by atoms with van der Waals surface area (Å²) < 4.78 is 26.8. The highest BCUT2D eigenvalue weighted by molar-refractivity contribution is 7.89. The third kappa shape index (κ3) is 2.94. The van der Waals surface area contributed by atoms with Gasteiger partial charge in [0.1, 0.15) is 5.01 Å². The second kappa shape index (κ2) is 5.57. The monoisotopic (exact) mass is 283 g/mol. The lowest BCUT2D eigenvalue weighted by molar-refractivity contribution is 0.580. The Kier molecular flexibility index (Phi) is 4.07. The first kappa shape index (κ1) is 13.2. The van der Waals surface area contributed by atoms with Crippen LogP contribution in [-0.2, 0) is 23.1 Å². The van der Waals surface area contributed by atoms with E-state index in [0.29, 0.717) is 5.56 Å². The van der Waals surface area contributed by atoms with Crippen molar-refractivity contribution in [1.29, 1.82) is 0 Å². The molecule has 2 rings (SSSR count). The average Bonchev–Trinajstić information content (AvgIpc) is 2.89. The Hall–Kier alpha value is -1.28. The van der Waals surface area contributed by atoms with Crippen molar-refractivity contribution in [3.05, 3.63) is 46.4 Å². The Balaban J connectivity index is 2.20. The van der Waals surface area contributed by atoms with Gasteiger partial charge in [-0.3, -0.25) is 0 Å². The molecule has 96 valence electrons. The minimum atomic E-state index is -3.54. The Morgan fingerprint density at radius 3 is 2.78 bits per heavy atom. The Labute approximate surface area is 110 Å². The van der Waals surface area contributed by atoms with E-state index in [-0.39, 0.29) is 18.0 Å². The van der Waals surface area contributed by atoms with Crippen LogP contribution in [0, 0.1) is 0 Å². The molecule has 0 aliphatic carbocycles. The molecule has 0 spiro atoms. The van der Waals surface area contributed by atoms with Gasteiger partial charge in [-0.15, -0.1) is 11.3 Å². The molecule has 2 aromatic rings. The van der Waals surface area contributed by atoms with Crippen LogP contribution in [-0.4, -0.2) is 13.4 Å². The lowest BCUT2D eigenvalue weighted by Gasteiger charge is -2.09. The SMILES string of the molecule is NCc1ccccc1S(=O)(=O)NCc1nccs1. The third-order valence-electron chi connectivity index (χ3n) is 2.38. The number of nitrogens with zero attached hydrogens (tertiary/aromatic N) is 1. The number of benzene rings is 1. The van der Waals surface area contributed by atoms with Gasteiger partial charge in [-0.05, 0) is 11.6 Å². The molecule has 0 aliphatic rings. The average molecular weight is 283 g/mol. The van der Waals surface area contributed by atoms with Crippen molar-refractivity contribution in [2.75, 3.05) is 0 Å². The molecule has 7 heteroatoms. The van der Waals surface area contributed by atoms with Crippen LogP contribution in [0.5, 0.6) is 0 Å². The maximum absolute atomic E-state index is 12.1. The van der Waals surface area contributed by atoms with Crippen LogP contribution in [0.1, 0.15) is 10.6 Å². The topological polar surface area (TPSA) is 85.1 Å². The third-order valence-corrected chi connectivity index (χ3v) is 4.66. The number of hydrogen-bond donors (Lipinski definition) is 2. The van der Waals surface area contributed by atoms with Crippen LogP contribution in [0.15, 0.2) is 40.7 Å². The zero-order chi connectivity index (χ0) is 13.0. The van der Waals surface area contributed by atoms with Crippen LogP contribution in [0.4, 0.5) is 0 Å². The van der Waals surface area contributed by atoms with Gasteiger partial charge < -0.3 is 5.73 Å². The van der Waals surface area contributed by atoms with E-state index in [2.05, 4.69) is 9.71 Å². The van der Waals surface area contributed by atoms with Gasteiger partial charge in [0, 0.05) is 18.1 Å². The van der Waals surface area contributed by atoms with E-state index in [1.165, 1.54) is 11.3 Å². The number of thiazole rings is 1. The minimum absolute atomic E-state index is 0.189. The summed E-state index contributed by atoms with van der Waals surface area (Å²) in [6.07, 6.45) is 1.64. The molecule has 0 saturated heterocycles. The van der Waals surface area contributed by atoms with E-state index in [4.69, 9.17) is 5.73 Å². The maximum atomic E-state index is 12.1. The number of nitrogens with one attached hydrogen (secondary N) is 1. The summed E-state index contributed by atoms with van der Waals surface area (Å²) in [5.41, 5.74) is 6.14. The summed E-state index contributed by atoms with van der Waals surface area (Å²) >= 11 is 1.41. The predicted molar refractivity (Wildman–Crippen MR) is 70.5 cm³/mol. The van der Waals surface area contributed by atoms with Crippen LogP contribution in [0.2, 0.25) is 0 Å². The number of nitrogens with two attached hydrogens (primary N) is 1. The van der Waals surface area contributed by atoms with Crippen LogP contribution in [0.25, 0.3) is 0 Å². The molecule has 0 fully saturated rings. The van der Waals surface area contributed by atoms with Crippen LogP contribution >= 0.6 is 11.3 Å². The molecule has 0 bridgehead atoms. The Bertz CT molecular complexity index is 609. The fourth-order valence-corrected chi connectivity index (χ4v) is 3.39. The normalized spacial score (nSPS) is 11.6. The molecule has 18 heavy (non-hydrogen) atoms. The maximum Gasteiger partial charge on any atom is 0.241 e. The van der Waals surface area contributed by atoms with Crippen molar-refractivity contribution in [3.8, 4) is 0 Å². The standard InChI is InChI=1S/C11H13N3O2S2/c12-7-9-3-1-2-4-10(9)18(15,16)14-8-11-13-5-6-17-11/h1-6,14H,7-8,12H2. The van der Waals surface area contributed by atoms with Gasteiger partial charge in [0.25, 0.3) is 0 Å². The van der Waals surface area contributed by atoms with Crippen molar-refractivity contribution < 1.29 is 8.42 Å². The second-order valence-electron chi connectivity index (χ2n) is 3.56. The molecular weight excluding hydrogens is 270 g/mol. The van der Waals surface area contributed by atoms with E-state index in [9.17, 15) is 8.42 Å². The van der Waals surface area contributed by atoms with Crippen molar-refractivity contribution in [2.24, 2.45) is 5.73 Å². The molecule has 1 aromatic carbocycles. The predicted octanol–water partition coefficient (Wildman–Crippen LogP) is 1.08. The molecular formula is C11H13N3O2S2. The van der Waals surface area contributed by atoms with Gasteiger partial charge in [0.05, 0.1) is 11.4 Å². The fourth-order valence-electron chi connectivity index (χ4n) is 1.51. The number of rotatable bonds is 5. The van der Waals surface area contributed by atoms with Crippen LogP contribution < -0.4 is 10.5 Å². The quantitative estimate of drug-likeness (QED) is 0.860. The van der Waals surface area contributed by atoms with Crippen molar-refractivity contribution in [3.63, 3.8) is 0 Å². The largest absolute Gasteiger partial charge is 0.326 e. The van der Waals surface area contributed by atoms with E-state index >= 15 is 0 Å². The molecule has 5 nitrogen and oxygen atoms in total. The number of hydrogen-bond acceptors (Lipinski definition) is 5. The minimum Gasteiger partial charge on any atom is -0.326 e. The molecule has 0 radical (unpaired) electrons. The lowest BCUT2D eigenvalue weighted by Crippen LogP contribution is -2.24. The first-order valence-corrected chi connectivity index (χ1v) is 7.66. The Morgan fingerprint density at radius 2 is 2.11 bits per heavy atom. The highest BCUT2D eigenvalue weighted by atomic mass is 32.2. The fraction of sp³-hybridized carbons (Fsp3) is 0.182. The lowest BCUT2D eigenvalue weighted by atomic mass is 10.2. The highest BCUT2D eigenvalue weighted by Crippen LogP contribution is 2.15. The van der Waals surface area contributed by atoms with E-state index in [1.54, 1.807) is 35.8 Å². The summed E-state index contributed by atoms with van der Waals surface area (Å²) in [7, 11) is -3.54. The number of aromatic nitrogens is 1. The summed E-state index contributed by atoms with van der Waals surface area (Å²) in [5, 5.41) is 2.53. The molecule has 3 N–H and O–H groups in total. The molecule has 0 unspecified atom stereocenters. The highest BCUT2D eigenvalue weighted by Gasteiger charge is 2.17. The first-order valence-electron chi connectivity index (χ1n) is 5.29. The van der Waals surface area contributed by atoms with Crippen molar-refractivity contribution >= 4 is 21.4 Å². The van der Waals surface area contributed by atoms with Gasteiger partial charge in [0.15, 0.2) is 0 Å². The van der Waals surface area contributed by atoms with Gasteiger partial charge in [-0.2, -0.15) is 0 Å². The smallest absolute Gasteiger partial charge is 0.241 e. The van der Waals surface area contributed by atoms with Gasteiger partial charge >= 0.3 is 0 Å². The van der Waals surface area contributed by atoms with E-state index in [0.717, 1.165) is 5.01 Å². The van der Waals surface area contributed by atoms with Gasteiger partial charge in [-0.25, -0.2) is 18.1 Å². The number of sulfonamides is 1. The molecule has 0 atom stereocenters.